The van der Waals surface area contributed by atoms with Crippen LogP contribution in [-0.4, -0.2) is 59.1 Å². The highest BCUT2D eigenvalue weighted by Gasteiger charge is 2.58. The van der Waals surface area contributed by atoms with E-state index in [9.17, 15) is 13.5 Å². The Bertz CT molecular complexity index is 1310. The van der Waals surface area contributed by atoms with Crippen molar-refractivity contribution in [1.29, 1.82) is 0 Å². The van der Waals surface area contributed by atoms with Crippen LogP contribution in [0.4, 0.5) is 0 Å². The summed E-state index contributed by atoms with van der Waals surface area (Å²) in [7, 11) is -7.00. The van der Waals surface area contributed by atoms with Gasteiger partial charge in [0.05, 0.1) is 17.5 Å². The van der Waals surface area contributed by atoms with Gasteiger partial charge in [-0.05, 0) is 34.5 Å². The van der Waals surface area contributed by atoms with Crippen molar-refractivity contribution >= 4 is 28.7 Å². The predicted octanol–water partition coefficient (Wildman–Crippen LogP) is 2.70. The Balaban J connectivity index is 1.54. The number of nitrogens with one attached hydrogen (secondary N) is 1. The molecule has 2 N–H and O–H groups in total. The third kappa shape index (κ3) is 4.88. The van der Waals surface area contributed by atoms with Gasteiger partial charge in [-0.2, -0.15) is 0 Å². The van der Waals surface area contributed by atoms with E-state index in [1.165, 1.54) is 0 Å². The van der Waals surface area contributed by atoms with Crippen LogP contribution in [0.3, 0.4) is 0 Å². The first-order chi connectivity index (χ1) is 18.0. The van der Waals surface area contributed by atoms with Gasteiger partial charge in [0, 0.05) is 0 Å². The Kier molecular flexibility index (Phi) is 7.38. The van der Waals surface area contributed by atoms with E-state index in [-0.39, 0.29) is 16.5 Å². The van der Waals surface area contributed by atoms with E-state index in [4.69, 9.17) is 13.9 Å². The summed E-state index contributed by atoms with van der Waals surface area (Å²) in [6, 6.07) is 25.8. The maximum Gasteiger partial charge on any atom is 0.261 e. The smallest absolute Gasteiger partial charge is 0.261 e. The largest absolute Gasteiger partial charge is 0.397 e. The lowest BCUT2D eigenvalue weighted by Crippen LogP contribution is -2.71. The zero-order valence-electron chi connectivity index (χ0n) is 22.1. The van der Waals surface area contributed by atoms with Gasteiger partial charge >= 0.3 is 0 Å². The first kappa shape index (κ1) is 27.2. The molecule has 38 heavy (non-hydrogen) atoms. The third-order valence-corrected chi connectivity index (χ3v) is 14.0. The average Bonchev–Trinajstić information content (AvgIpc) is 3.34. The van der Waals surface area contributed by atoms with Gasteiger partial charge < -0.3 is 19.0 Å². The first-order valence-corrected chi connectivity index (χ1v) is 16.2. The van der Waals surface area contributed by atoms with Crippen molar-refractivity contribution in [3.63, 3.8) is 0 Å². The molecule has 5 rings (SSSR count). The molecule has 3 aromatic rings. The lowest BCUT2D eigenvalue weighted by atomic mass is 9.99. The van der Waals surface area contributed by atoms with Crippen molar-refractivity contribution in [2.45, 2.75) is 68.3 Å². The van der Waals surface area contributed by atoms with Crippen molar-refractivity contribution in [3.05, 3.63) is 90.5 Å². The van der Waals surface area contributed by atoms with Gasteiger partial charge in [0.2, 0.25) is 10.0 Å². The second-order valence-electron chi connectivity index (χ2n) is 11.1. The minimum absolute atomic E-state index is 0.126. The topological polar surface area (TPSA) is 94.1 Å². The molecule has 2 bridgehead atoms. The summed E-state index contributed by atoms with van der Waals surface area (Å²) in [5, 5.41) is 13.4. The van der Waals surface area contributed by atoms with Crippen LogP contribution in [-0.2, 0) is 23.9 Å². The van der Waals surface area contributed by atoms with E-state index >= 15 is 0 Å². The van der Waals surface area contributed by atoms with E-state index in [0.717, 1.165) is 15.9 Å². The molecular weight excluding hydrogens is 518 g/mol. The number of rotatable bonds is 7. The quantitative estimate of drug-likeness (QED) is 0.437. The molecule has 7 nitrogen and oxygen atoms in total. The first-order valence-electron chi connectivity index (χ1n) is 12.9. The van der Waals surface area contributed by atoms with Crippen LogP contribution in [0, 0.1) is 6.92 Å². The fourth-order valence-corrected chi connectivity index (χ4v) is 11.5. The monoisotopic (exact) mass is 553 g/mol. The standard InChI is InChI=1S/C29H35NO6SSi/c1-20-15-17-21(18-16-20)37(32,33)30-25-24-19-34-28(35-24)27(26(25)31)36-38(29(2,3)4,22-11-7-5-8-12-22)23-13-9-6-10-14-23/h5-18,24-28,30-31H,19H2,1-4H3/t24-,25-,26-,27+,28-/m1/s1. The van der Waals surface area contributed by atoms with Gasteiger partial charge in [0.1, 0.15) is 18.3 Å². The van der Waals surface area contributed by atoms with E-state index in [1.54, 1.807) is 24.3 Å². The predicted molar refractivity (Wildman–Crippen MR) is 148 cm³/mol. The molecule has 0 aromatic heterocycles. The molecule has 2 aliphatic heterocycles. The molecule has 2 saturated heterocycles. The molecule has 0 spiro atoms. The maximum absolute atomic E-state index is 13.3. The van der Waals surface area contributed by atoms with Gasteiger partial charge in [-0.25, -0.2) is 13.1 Å². The minimum atomic E-state index is -3.92. The van der Waals surface area contributed by atoms with Crippen LogP contribution in [0.1, 0.15) is 26.3 Å². The lowest BCUT2D eigenvalue weighted by molar-refractivity contribution is -0.194. The lowest BCUT2D eigenvalue weighted by Gasteiger charge is -2.48. The highest BCUT2D eigenvalue weighted by atomic mass is 32.2. The van der Waals surface area contributed by atoms with Gasteiger partial charge in [-0.15, -0.1) is 0 Å². The van der Waals surface area contributed by atoms with Crippen LogP contribution in [0.25, 0.3) is 0 Å². The van der Waals surface area contributed by atoms with Gasteiger partial charge in [-0.3, -0.25) is 0 Å². The van der Waals surface area contributed by atoms with E-state index in [2.05, 4.69) is 49.8 Å². The van der Waals surface area contributed by atoms with Crippen molar-refractivity contribution in [1.82, 2.24) is 4.72 Å². The highest BCUT2D eigenvalue weighted by molar-refractivity contribution is 7.89. The molecule has 202 valence electrons. The summed E-state index contributed by atoms with van der Waals surface area (Å²) in [6.07, 6.45) is -3.54. The number of hydrogen-bond acceptors (Lipinski definition) is 6. The summed E-state index contributed by atoms with van der Waals surface area (Å²) in [4.78, 5) is 0.126. The molecule has 0 aliphatic carbocycles. The van der Waals surface area contributed by atoms with Crippen molar-refractivity contribution < 1.29 is 27.4 Å². The number of aliphatic hydroxyl groups is 1. The fourth-order valence-electron chi connectivity index (χ4n) is 5.52. The zero-order chi connectivity index (χ0) is 27.1. The number of benzene rings is 3. The molecule has 2 fully saturated rings. The summed E-state index contributed by atoms with van der Waals surface area (Å²) in [5.74, 6) is 0. The number of sulfonamides is 1. The molecule has 9 heteroatoms. The van der Waals surface area contributed by atoms with Crippen LogP contribution in [0.5, 0.6) is 0 Å². The number of ether oxygens (including phenoxy) is 2. The van der Waals surface area contributed by atoms with E-state index < -0.39 is 49.0 Å². The summed E-state index contributed by atoms with van der Waals surface area (Å²) < 4.78 is 48.4. The average molecular weight is 554 g/mol. The minimum Gasteiger partial charge on any atom is -0.397 e. The number of aryl methyl sites for hydroxylation is 1. The van der Waals surface area contributed by atoms with Crippen LogP contribution in [0.2, 0.25) is 5.04 Å². The van der Waals surface area contributed by atoms with Gasteiger partial charge in [0.15, 0.2) is 6.29 Å². The molecule has 2 aliphatic rings. The Hall–Kier alpha value is -2.37. The van der Waals surface area contributed by atoms with E-state index in [1.807, 2.05) is 43.3 Å². The summed E-state index contributed by atoms with van der Waals surface area (Å²) >= 11 is 0. The van der Waals surface area contributed by atoms with E-state index in [0.29, 0.717) is 0 Å². The van der Waals surface area contributed by atoms with Crippen molar-refractivity contribution in [3.8, 4) is 0 Å². The third-order valence-electron chi connectivity index (χ3n) is 7.46. The molecule has 2 heterocycles. The highest BCUT2D eigenvalue weighted by Crippen LogP contribution is 2.41. The summed E-state index contributed by atoms with van der Waals surface area (Å²) in [6.45, 7) is 8.48. The number of aliphatic hydroxyl groups excluding tert-OH is 1. The van der Waals surface area contributed by atoms with Gasteiger partial charge in [0.25, 0.3) is 8.32 Å². The Morgan fingerprint density at radius 1 is 0.921 bits per heavy atom. The van der Waals surface area contributed by atoms with Crippen molar-refractivity contribution in [2.24, 2.45) is 0 Å². The molecule has 0 radical (unpaired) electrons. The second kappa shape index (κ2) is 10.3. The van der Waals surface area contributed by atoms with Crippen LogP contribution >= 0.6 is 0 Å². The SMILES string of the molecule is Cc1ccc(S(=O)(=O)N[C@H]2[C@@H](O)[C@H](O[Si](c3ccccc3)(c3ccccc3)C(C)(C)C)[C@@H]3OC[C@H]2O3)cc1. The number of hydrogen-bond donors (Lipinski definition) is 2. The molecule has 0 amide bonds. The maximum atomic E-state index is 13.3. The normalized spacial score (nSPS) is 25.9. The second-order valence-corrected chi connectivity index (χ2v) is 17.0. The molecule has 3 aromatic carbocycles. The van der Waals surface area contributed by atoms with Crippen LogP contribution < -0.4 is 15.1 Å². The van der Waals surface area contributed by atoms with Crippen molar-refractivity contribution in [2.75, 3.05) is 6.61 Å². The van der Waals surface area contributed by atoms with Crippen LogP contribution in [0.15, 0.2) is 89.8 Å². The fraction of sp³-hybridized carbons (Fsp3) is 0.379. The Morgan fingerprint density at radius 3 is 2.00 bits per heavy atom. The summed E-state index contributed by atoms with van der Waals surface area (Å²) in [5.41, 5.74) is 0.954. The van der Waals surface area contributed by atoms with Gasteiger partial charge in [-0.1, -0.05) is 99.1 Å². The Labute approximate surface area is 225 Å². The molecule has 5 atom stereocenters. The molecule has 0 saturated carbocycles. The Morgan fingerprint density at radius 2 is 1.47 bits per heavy atom. The molecular formula is C29H35NO6SSi. The zero-order valence-corrected chi connectivity index (χ0v) is 23.9. The number of fused-ring (bicyclic) bond motifs is 2. The molecule has 0 unspecified atom stereocenters.